The molecule has 0 atom stereocenters. The molecule has 0 fully saturated rings. The lowest BCUT2D eigenvalue weighted by Gasteiger charge is -2.13. The Balaban J connectivity index is 1.83. The zero-order chi connectivity index (χ0) is 24.1. The Labute approximate surface area is 185 Å². The summed E-state index contributed by atoms with van der Waals surface area (Å²) in [5, 5.41) is 0. The fourth-order valence-corrected chi connectivity index (χ4v) is 2.92. The standard InChI is InChI=1S/C24H17F5O4/c1-31-16-5-3-4-14(11-16)17(30)8-6-13-7-9-18(32-2)15(10-13)12-33-24-22(28)20(26)19(25)21(27)23(24)29/h3-11H,12H2,1-2H3/b8-6+. The summed E-state index contributed by atoms with van der Waals surface area (Å²) in [6.45, 7) is -0.562. The van der Waals surface area contributed by atoms with Crippen LogP contribution in [0.2, 0.25) is 0 Å². The van der Waals surface area contributed by atoms with E-state index in [9.17, 15) is 26.7 Å². The molecule has 0 aliphatic rings. The summed E-state index contributed by atoms with van der Waals surface area (Å²) < 4.78 is 82.8. The maximum Gasteiger partial charge on any atom is 0.207 e. The predicted molar refractivity (Wildman–Crippen MR) is 110 cm³/mol. The average Bonchev–Trinajstić information content (AvgIpc) is 2.84. The first-order chi connectivity index (χ1) is 15.8. The second kappa shape index (κ2) is 10.2. The van der Waals surface area contributed by atoms with E-state index in [2.05, 4.69) is 0 Å². The molecule has 0 bridgehead atoms. The number of benzene rings is 3. The van der Waals surface area contributed by atoms with E-state index in [1.807, 2.05) is 0 Å². The van der Waals surface area contributed by atoms with Crippen molar-refractivity contribution in [2.24, 2.45) is 0 Å². The third kappa shape index (κ3) is 5.14. The van der Waals surface area contributed by atoms with Gasteiger partial charge in [0, 0.05) is 11.1 Å². The minimum Gasteiger partial charge on any atom is -0.497 e. The fourth-order valence-electron chi connectivity index (χ4n) is 2.92. The van der Waals surface area contributed by atoms with Gasteiger partial charge in [-0.15, -0.1) is 0 Å². The van der Waals surface area contributed by atoms with Crippen molar-refractivity contribution in [2.45, 2.75) is 6.61 Å². The summed E-state index contributed by atoms with van der Waals surface area (Å²) in [5.41, 5.74) is 1.15. The zero-order valence-electron chi connectivity index (χ0n) is 17.4. The quantitative estimate of drug-likeness (QED) is 0.137. The zero-order valence-corrected chi connectivity index (χ0v) is 17.4. The Hall–Kier alpha value is -3.88. The molecule has 3 aromatic carbocycles. The topological polar surface area (TPSA) is 44.8 Å². The van der Waals surface area contributed by atoms with Crippen molar-refractivity contribution in [3.8, 4) is 17.2 Å². The first-order valence-electron chi connectivity index (χ1n) is 9.44. The van der Waals surface area contributed by atoms with Crippen molar-refractivity contribution in [1.29, 1.82) is 0 Å². The van der Waals surface area contributed by atoms with Crippen LogP contribution < -0.4 is 14.2 Å². The summed E-state index contributed by atoms with van der Waals surface area (Å²) >= 11 is 0. The van der Waals surface area contributed by atoms with Gasteiger partial charge in [0.2, 0.25) is 29.1 Å². The summed E-state index contributed by atoms with van der Waals surface area (Å²) in [5.74, 6) is -11.6. The summed E-state index contributed by atoms with van der Waals surface area (Å²) in [6, 6.07) is 11.2. The van der Waals surface area contributed by atoms with Gasteiger partial charge < -0.3 is 14.2 Å². The van der Waals surface area contributed by atoms with Crippen molar-refractivity contribution in [3.63, 3.8) is 0 Å². The van der Waals surface area contributed by atoms with E-state index in [1.165, 1.54) is 38.5 Å². The number of hydrogen-bond acceptors (Lipinski definition) is 4. The van der Waals surface area contributed by atoms with Crippen LogP contribution >= 0.6 is 0 Å². The van der Waals surface area contributed by atoms with Gasteiger partial charge in [0.1, 0.15) is 18.1 Å². The predicted octanol–water partition coefficient (Wildman–Crippen LogP) is 5.87. The second-order valence-corrected chi connectivity index (χ2v) is 6.69. The number of rotatable bonds is 8. The molecular formula is C24H17F5O4. The Morgan fingerprint density at radius 3 is 2.15 bits per heavy atom. The van der Waals surface area contributed by atoms with Crippen LogP contribution in [-0.2, 0) is 6.61 Å². The van der Waals surface area contributed by atoms with Gasteiger partial charge in [-0.1, -0.05) is 24.3 Å². The number of carbonyl (C=O) groups excluding carboxylic acids is 1. The molecule has 3 rings (SSSR count). The van der Waals surface area contributed by atoms with E-state index in [1.54, 1.807) is 30.3 Å². The van der Waals surface area contributed by atoms with Gasteiger partial charge in [-0.25, -0.2) is 13.2 Å². The van der Waals surface area contributed by atoms with Crippen molar-refractivity contribution in [2.75, 3.05) is 14.2 Å². The van der Waals surface area contributed by atoms with E-state index in [4.69, 9.17) is 14.2 Å². The monoisotopic (exact) mass is 464 g/mol. The number of halogens is 5. The number of hydrogen-bond donors (Lipinski definition) is 0. The molecule has 4 nitrogen and oxygen atoms in total. The van der Waals surface area contributed by atoms with E-state index in [0.29, 0.717) is 16.9 Å². The van der Waals surface area contributed by atoms with Gasteiger partial charge in [0.05, 0.1) is 14.2 Å². The normalized spacial score (nSPS) is 11.0. The molecule has 0 unspecified atom stereocenters. The SMILES string of the molecule is COc1cccc(C(=O)/C=C/c2ccc(OC)c(COc3c(F)c(F)c(F)c(F)c3F)c2)c1. The lowest BCUT2D eigenvalue weighted by atomic mass is 10.1. The first kappa shape index (κ1) is 23.8. The molecule has 0 heterocycles. The van der Waals surface area contributed by atoms with Crippen molar-refractivity contribution < 1.29 is 41.0 Å². The molecular weight excluding hydrogens is 447 g/mol. The third-order valence-electron chi connectivity index (χ3n) is 4.63. The molecule has 0 aromatic heterocycles. The van der Waals surface area contributed by atoms with E-state index in [-0.39, 0.29) is 17.1 Å². The first-order valence-corrected chi connectivity index (χ1v) is 9.44. The molecule has 172 valence electrons. The Kier molecular flexibility index (Phi) is 7.32. The van der Waals surface area contributed by atoms with E-state index in [0.717, 1.165) is 0 Å². The van der Waals surface area contributed by atoms with Crippen LogP contribution in [-0.4, -0.2) is 20.0 Å². The van der Waals surface area contributed by atoms with Gasteiger partial charge in [0.15, 0.2) is 11.5 Å². The highest BCUT2D eigenvalue weighted by molar-refractivity contribution is 6.07. The Bertz CT molecular complexity index is 1190. The maximum absolute atomic E-state index is 13.9. The van der Waals surface area contributed by atoms with Crippen molar-refractivity contribution in [1.82, 2.24) is 0 Å². The molecule has 0 saturated heterocycles. The maximum atomic E-state index is 13.9. The van der Waals surface area contributed by atoms with Gasteiger partial charge in [-0.3, -0.25) is 4.79 Å². The molecule has 0 N–H and O–H groups in total. The van der Waals surface area contributed by atoms with Crippen molar-refractivity contribution >= 4 is 11.9 Å². The number of carbonyl (C=O) groups is 1. The van der Waals surface area contributed by atoms with Crippen molar-refractivity contribution in [3.05, 3.63) is 94.3 Å². The molecule has 0 aliphatic carbocycles. The van der Waals surface area contributed by atoms with E-state index >= 15 is 0 Å². The second-order valence-electron chi connectivity index (χ2n) is 6.69. The molecule has 0 saturated carbocycles. The smallest absolute Gasteiger partial charge is 0.207 e. The molecule has 9 heteroatoms. The van der Waals surface area contributed by atoms with Crippen LogP contribution in [0.4, 0.5) is 22.0 Å². The highest BCUT2D eigenvalue weighted by Crippen LogP contribution is 2.31. The summed E-state index contributed by atoms with van der Waals surface area (Å²) in [4.78, 5) is 12.4. The molecule has 0 spiro atoms. The molecule has 33 heavy (non-hydrogen) atoms. The van der Waals surface area contributed by atoms with Gasteiger partial charge in [-0.2, -0.15) is 8.78 Å². The molecule has 0 radical (unpaired) electrons. The Morgan fingerprint density at radius 2 is 1.52 bits per heavy atom. The number of ketones is 1. The van der Waals surface area contributed by atoms with Gasteiger partial charge in [-0.05, 0) is 35.9 Å². The highest BCUT2D eigenvalue weighted by Gasteiger charge is 2.27. The molecule has 0 amide bonds. The minimum absolute atomic E-state index is 0.246. The van der Waals surface area contributed by atoms with Crippen LogP contribution in [0.3, 0.4) is 0 Å². The van der Waals surface area contributed by atoms with Crippen LogP contribution in [0.5, 0.6) is 17.2 Å². The lowest BCUT2D eigenvalue weighted by molar-refractivity contribution is 0.104. The Morgan fingerprint density at radius 1 is 0.848 bits per heavy atom. The van der Waals surface area contributed by atoms with E-state index < -0.39 is 41.4 Å². The summed E-state index contributed by atoms with van der Waals surface area (Å²) in [6.07, 6.45) is 2.80. The number of allylic oxidation sites excluding steroid dienone is 1. The fraction of sp³-hybridized carbons (Fsp3) is 0.125. The largest absolute Gasteiger partial charge is 0.497 e. The van der Waals surface area contributed by atoms with Gasteiger partial charge >= 0.3 is 0 Å². The third-order valence-corrected chi connectivity index (χ3v) is 4.63. The molecule has 0 aliphatic heterocycles. The molecule has 3 aromatic rings. The minimum atomic E-state index is -2.28. The highest BCUT2D eigenvalue weighted by atomic mass is 19.2. The average molecular weight is 464 g/mol. The van der Waals surface area contributed by atoms with Crippen LogP contribution in [0, 0.1) is 29.1 Å². The van der Waals surface area contributed by atoms with Crippen LogP contribution in [0.1, 0.15) is 21.5 Å². The van der Waals surface area contributed by atoms with Crippen LogP contribution in [0.15, 0.2) is 48.5 Å². The number of ether oxygens (including phenoxy) is 3. The van der Waals surface area contributed by atoms with Crippen LogP contribution in [0.25, 0.3) is 6.08 Å². The van der Waals surface area contributed by atoms with Gasteiger partial charge in [0.25, 0.3) is 0 Å². The summed E-state index contributed by atoms with van der Waals surface area (Å²) in [7, 11) is 2.81. The lowest BCUT2D eigenvalue weighted by Crippen LogP contribution is -2.07. The number of methoxy groups -OCH3 is 2.